The molecule has 0 aromatic rings. The number of imide groups is 1. The van der Waals surface area contributed by atoms with E-state index in [1.165, 1.54) is 4.90 Å². The van der Waals surface area contributed by atoms with Gasteiger partial charge in [-0.15, -0.1) is 0 Å². The number of carbonyl (C=O) groups is 3. The molecule has 1 unspecified atom stereocenters. The van der Waals surface area contributed by atoms with E-state index in [1.807, 2.05) is 0 Å². The predicted molar refractivity (Wildman–Crippen MR) is 56.6 cm³/mol. The van der Waals surface area contributed by atoms with Gasteiger partial charge in [0.15, 0.2) is 0 Å². The van der Waals surface area contributed by atoms with Gasteiger partial charge >= 0.3 is 5.97 Å². The lowest BCUT2D eigenvalue weighted by Crippen LogP contribution is -2.45. The van der Waals surface area contributed by atoms with Gasteiger partial charge in [0.2, 0.25) is 11.8 Å². The summed E-state index contributed by atoms with van der Waals surface area (Å²) in [7, 11) is 0. The van der Waals surface area contributed by atoms with Gasteiger partial charge in [-0.05, 0) is 27.2 Å². The fourth-order valence-electron chi connectivity index (χ4n) is 1.92. The minimum Gasteiger partial charge on any atom is -0.481 e. The Labute approximate surface area is 94.4 Å². The fourth-order valence-corrected chi connectivity index (χ4v) is 1.92. The monoisotopic (exact) mass is 227 g/mol. The first-order valence-corrected chi connectivity index (χ1v) is 5.32. The molecule has 5 nitrogen and oxygen atoms in total. The van der Waals surface area contributed by atoms with Crippen LogP contribution in [0.2, 0.25) is 0 Å². The zero-order valence-electron chi connectivity index (χ0n) is 9.82. The van der Waals surface area contributed by atoms with Gasteiger partial charge in [0.25, 0.3) is 0 Å². The van der Waals surface area contributed by atoms with E-state index in [4.69, 9.17) is 5.11 Å². The summed E-state index contributed by atoms with van der Waals surface area (Å²) in [5, 5.41) is 8.54. The molecule has 0 saturated carbocycles. The smallest absolute Gasteiger partial charge is 0.303 e. The summed E-state index contributed by atoms with van der Waals surface area (Å²) in [6, 6.07) is 0. The first-order valence-electron chi connectivity index (χ1n) is 5.32. The quantitative estimate of drug-likeness (QED) is 0.730. The number of carboxylic acid groups (broad SMARTS) is 1. The second-order valence-electron chi connectivity index (χ2n) is 5.07. The topological polar surface area (TPSA) is 74.7 Å². The van der Waals surface area contributed by atoms with Gasteiger partial charge in [-0.2, -0.15) is 0 Å². The molecule has 2 amide bonds. The molecule has 1 fully saturated rings. The lowest BCUT2D eigenvalue weighted by molar-refractivity contribution is -0.144. The standard InChI is InChI=1S/C11H17NO4/c1-11(2,3)12-8(13)6-7(10(12)16)4-5-9(14)15/h7H,4-6H2,1-3H3,(H,14,15). The maximum atomic E-state index is 11.9. The molecule has 0 aliphatic carbocycles. The fraction of sp³-hybridized carbons (Fsp3) is 0.727. The predicted octanol–water partition coefficient (Wildman–Crippen LogP) is 1.02. The van der Waals surface area contributed by atoms with Gasteiger partial charge in [0.1, 0.15) is 0 Å². The molecular formula is C11H17NO4. The van der Waals surface area contributed by atoms with Gasteiger partial charge in [-0.3, -0.25) is 19.3 Å². The highest BCUT2D eigenvalue weighted by molar-refractivity contribution is 6.04. The van der Waals surface area contributed by atoms with Crippen LogP contribution in [-0.2, 0) is 14.4 Å². The Bertz CT molecular complexity index is 329. The minimum absolute atomic E-state index is 0.0678. The third-order valence-electron chi connectivity index (χ3n) is 2.62. The van der Waals surface area contributed by atoms with Crippen molar-refractivity contribution in [2.24, 2.45) is 5.92 Å². The summed E-state index contributed by atoms with van der Waals surface area (Å²) >= 11 is 0. The van der Waals surface area contributed by atoms with E-state index in [0.717, 1.165) is 0 Å². The molecule has 1 N–H and O–H groups in total. The molecule has 1 atom stereocenters. The lowest BCUT2D eigenvalue weighted by Gasteiger charge is -2.30. The average molecular weight is 227 g/mol. The summed E-state index contributed by atoms with van der Waals surface area (Å²) in [6.07, 6.45) is 0.317. The van der Waals surface area contributed by atoms with Crippen LogP contribution in [0.25, 0.3) is 0 Å². The summed E-state index contributed by atoms with van der Waals surface area (Å²) in [5.41, 5.74) is -0.522. The minimum atomic E-state index is -0.936. The van der Waals surface area contributed by atoms with Crippen molar-refractivity contribution in [2.45, 2.75) is 45.6 Å². The van der Waals surface area contributed by atoms with E-state index in [-0.39, 0.29) is 31.1 Å². The Morgan fingerprint density at radius 3 is 2.38 bits per heavy atom. The van der Waals surface area contributed by atoms with Crippen LogP contribution in [0.15, 0.2) is 0 Å². The van der Waals surface area contributed by atoms with Crippen molar-refractivity contribution in [3.8, 4) is 0 Å². The van der Waals surface area contributed by atoms with Crippen LogP contribution in [0, 0.1) is 5.92 Å². The number of carbonyl (C=O) groups excluding carboxylic acids is 2. The molecule has 1 saturated heterocycles. The Kier molecular flexibility index (Phi) is 3.35. The Hall–Kier alpha value is -1.39. The lowest BCUT2D eigenvalue weighted by atomic mass is 10.0. The SMILES string of the molecule is CC(C)(C)N1C(=O)CC(CCC(=O)O)C1=O. The maximum Gasteiger partial charge on any atom is 0.303 e. The van der Waals surface area contributed by atoms with Crippen LogP contribution >= 0.6 is 0 Å². The number of rotatable bonds is 3. The zero-order chi connectivity index (χ0) is 12.5. The highest BCUT2D eigenvalue weighted by Gasteiger charge is 2.43. The van der Waals surface area contributed by atoms with E-state index >= 15 is 0 Å². The molecule has 0 radical (unpaired) electrons. The van der Waals surface area contributed by atoms with Crippen LogP contribution in [0.3, 0.4) is 0 Å². The number of hydrogen-bond donors (Lipinski definition) is 1. The zero-order valence-corrected chi connectivity index (χ0v) is 9.82. The number of hydrogen-bond acceptors (Lipinski definition) is 3. The molecule has 1 rings (SSSR count). The van der Waals surface area contributed by atoms with Gasteiger partial charge in [-0.25, -0.2) is 0 Å². The molecular weight excluding hydrogens is 210 g/mol. The summed E-state index contributed by atoms with van der Waals surface area (Å²) in [5.74, 6) is -1.83. The van der Waals surface area contributed by atoms with E-state index in [1.54, 1.807) is 20.8 Å². The van der Waals surface area contributed by atoms with E-state index in [0.29, 0.717) is 0 Å². The summed E-state index contributed by atoms with van der Waals surface area (Å²) in [4.78, 5) is 35.2. The second-order valence-corrected chi connectivity index (χ2v) is 5.07. The molecule has 1 aliphatic heterocycles. The number of amides is 2. The number of aliphatic carboxylic acids is 1. The first-order chi connectivity index (χ1) is 7.23. The average Bonchev–Trinajstić information content (AvgIpc) is 2.36. The number of carboxylic acids is 1. The van der Waals surface area contributed by atoms with Crippen molar-refractivity contribution in [1.82, 2.24) is 4.90 Å². The van der Waals surface area contributed by atoms with Crippen molar-refractivity contribution >= 4 is 17.8 Å². The van der Waals surface area contributed by atoms with Crippen LogP contribution < -0.4 is 0 Å². The van der Waals surface area contributed by atoms with Gasteiger partial charge in [0.05, 0.1) is 0 Å². The molecule has 0 aromatic heterocycles. The van der Waals surface area contributed by atoms with Gasteiger partial charge < -0.3 is 5.11 Å². The molecule has 0 spiro atoms. The normalized spacial score (nSPS) is 21.7. The third-order valence-corrected chi connectivity index (χ3v) is 2.62. The Morgan fingerprint density at radius 2 is 2.00 bits per heavy atom. The van der Waals surface area contributed by atoms with Crippen molar-refractivity contribution < 1.29 is 19.5 Å². The largest absolute Gasteiger partial charge is 0.481 e. The summed E-state index contributed by atoms with van der Waals surface area (Å²) < 4.78 is 0. The molecule has 1 aliphatic rings. The number of nitrogens with zero attached hydrogens (tertiary/aromatic N) is 1. The van der Waals surface area contributed by atoms with E-state index < -0.39 is 17.4 Å². The van der Waals surface area contributed by atoms with Gasteiger partial charge in [-0.1, -0.05) is 0 Å². The molecule has 0 bridgehead atoms. The van der Waals surface area contributed by atoms with Gasteiger partial charge in [0, 0.05) is 24.3 Å². The van der Waals surface area contributed by atoms with E-state index in [9.17, 15) is 14.4 Å². The maximum absolute atomic E-state index is 11.9. The third kappa shape index (κ3) is 2.59. The second kappa shape index (κ2) is 4.23. The molecule has 16 heavy (non-hydrogen) atoms. The number of likely N-dealkylation sites (tertiary alicyclic amines) is 1. The van der Waals surface area contributed by atoms with E-state index in [2.05, 4.69) is 0 Å². The highest BCUT2D eigenvalue weighted by atomic mass is 16.4. The van der Waals surface area contributed by atoms with Crippen molar-refractivity contribution in [2.75, 3.05) is 0 Å². The van der Waals surface area contributed by atoms with Crippen LogP contribution in [0.1, 0.15) is 40.0 Å². The molecule has 90 valence electrons. The van der Waals surface area contributed by atoms with Crippen molar-refractivity contribution in [3.63, 3.8) is 0 Å². The van der Waals surface area contributed by atoms with Crippen molar-refractivity contribution in [3.05, 3.63) is 0 Å². The molecule has 1 heterocycles. The molecule has 0 aromatic carbocycles. The van der Waals surface area contributed by atoms with Crippen LogP contribution in [-0.4, -0.2) is 33.3 Å². The molecule has 5 heteroatoms. The van der Waals surface area contributed by atoms with Crippen molar-refractivity contribution in [1.29, 1.82) is 0 Å². The highest BCUT2D eigenvalue weighted by Crippen LogP contribution is 2.29. The van der Waals surface area contributed by atoms with Crippen LogP contribution in [0.4, 0.5) is 0 Å². The van der Waals surface area contributed by atoms with Crippen LogP contribution in [0.5, 0.6) is 0 Å². The Balaban J connectivity index is 2.71. The Morgan fingerprint density at radius 1 is 1.44 bits per heavy atom. The summed E-state index contributed by atoms with van der Waals surface area (Å²) in [6.45, 7) is 5.38. The first kappa shape index (κ1) is 12.7.